The first-order chi connectivity index (χ1) is 6.39. The molecule has 1 N–H and O–H groups in total. The van der Waals surface area contributed by atoms with Gasteiger partial charge in [0.25, 0.3) is 9.05 Å². The first-order valence-electron chi connectivity index (χ1n) is 3.50. The molecule has 0 fully saturated rings. The topological polar surface area (TPSA) is 71.4 Å². The number of hydrogen-bond donors (Lipinski definition) is 1. The van der Waals surface area contributed by atoms with E-state index < -0.39 is 20.1 Å². The van der Waals surface area contributed by atoms with Crippen LogP contribution in [0.5, 0.6) is 0 Å². The molecular weight excluding hydrogens is 248 g/mol. The minimum atomic E-state index is -3.71. The zero-order chi connectivity index (χ0) is 10.8. The van der Waals surface area contributed by atoms with E-state index in [0.29, 0.717) is 5.56 Å². The van der Waals surface area contributed by atoms with Gasteiger partial charge >= 0.3 is 0 Å². The van der Waals surface area contributed by atoms with Crippen LogP contribution in [0.1, 0.15) is 5.56 Å². The van der Waals surface area contributed by atoms with Crippen LogP contribution in [-0.4, -0.2) is 17.2 Å². The molecule has 0 amide bonds. The zero-order valence-electron chi connectivity index (χ0n) is 6.88. The van der Waals surface area contributed by atoms with E-state index in [0.717, 1.165) is 0 Å². The van der Waals surface area contributed by atoms with E-state index in [-0.39, 0.29) is 10.6 Å². The molecule has 4 nitrogen and oxygen atoms in total. The van der Waals surface area contributed by atoms with Gasteiger partial charge in [0, 0.05) is 10.7 Å². The maximum atomic E-state index is 10.8. The molecule has 7 heteroatoms. The van der Waals surface area contributed by atoms with Crippen LogP contribution in [0.25, 0.3) is 0 Å². The predicted molar refractivity (Wildman–Crippen MR) is 54.0 cm³/mol. The Hall–Kier alpha value is -0.430. The SMILES string of the molecule is O=S(O)Cc1ccc(S(=O)(=O)Cl)cc1. The van der Waals surface area contributed by atoms with E-state index in [4.69, 9.17) is 15.2 Å². The molecule has 0 aliphatic heterocycles. The second kappa shape index (κ2) is 4.39. The van der Waals surface area contributed by atoms with E-state index in [2.05, 4.69) is 0 Å². The molecule has 0 heterocycles. The molecule has 1 atom stereocenters. The first-order valence-corrected chi connectivity index (χ1v) is 7.09. The normalized spacial score (nSPS) is 13.9. The molecule has 0 saturated heterocycles. The van der Waals surface area contributed by atoms with Crippen molar-refractivity contribution < 1.29 is 17.2 Å². The molecule has 1 aromatic carbocycles. The highest BCUT2D eigenvalue weighted by atomic mass is 35.7. The second-order valence-electron chi connectivity index (χ2n) is 2.55. The van der Waals surface area contributed by atoms with Crippen molar-refractivity contribution in [3.05, 3.63) is 29.8 Å². The summed E-state index contributed by atoms with van der Waals surface area (Å²) in [6.07, 6.45) is 0. The minimum absolute atomic E-state index is 0.0216. The Balaban J connectivity index is 2.95. The van der Waals surface area contributed by atoms with Crippen LogP contribution in [0.15, 0.2) is 29.2 Å². The molecule has 0 bridgehead atoms. The van der Waals surface area contributed by atoms with Crippen LogP contribution in [0.2, 0.25) is 0 Å². The van der Waals surface area contributed by atoms with Crippen molar-refractivity contribution in [2.24, 2.45) is 0 Å². The van der Waals surface area contributed by atoms with Crippen molar-refractivity contribution in [3.63, 3.8) is 0 Å². The molecule has 1 aromatic rings. The number of hydrogen-bond acceptors (Lipinski definition) is 3. The van der Waals surface area contributed by atoms with Gasteiger partial charge in [0.1, 0.15) is 0 Å². The Morgan fingerprint density at radius 1 is 1.29 bits per heavy atom. The molecule has 0 spiro atoms. The predicted octanol–water partition coefficient (Wildman–Crippen LogP) is 1.34. The molecule has 0 saturated carbocycles. The standard InChI is InChI=1S/C7H7ClO4S2/c8-14(11,12)7-3-1-6(2-4-7)5-13(9)10/h1-4H,5H2,(H,9,10). The third-order valence-electron chi connectivity index (χ3n) is 1.50. The molecule has 0 radical (unpaired) electrons. The highest BCUT2D eigenvalue weighted by Gasteiger charge is 2.09. The van der Waals surface area contributed by atoms with Gasteiger partial charge in [-0.05, 0) is 17.7 Å². The summed E-state index contributed by atoms with van der Waals surface area (Å²) in [6, 6.07) is 5.49. The van der Waals surface area contributed by atoms with Crippen LogP contribution in [-0.2, 0) is 25.9 Å². The lowest BCUT2D eigenvalue weighted by Crippen LogP contribution is -1.94. The van der Waals surface area contributed by atoms with Crippen molar-refractivity contribution in [2.75, 3.05) is 0 Å². The van der Waals surface area contributed by atoms with Crippen LogP contribution >= 0.6 is 10.7 Å². The van der Waals surface area contributed by atoms with E-state index in [1.165, 1.54) is 24.3 Å². The number of halogens is 1. The molecule has 1 unspecified atom stereocenters. The fourth-order valence-corrected chi connectivity index (χ4v) is 2.14. The largest absolute Gasteiger partial charge is 0.306 e. The lowest BCUT2D eigenvalue weighted by atomic mass is 10.2. The Kier molecular flexibility index (Phi) is 3.65. The van der Waals surface area contributed by atoms with Gasteiger partial charge in [-0.3, -0.25) is 0 Å². The lowest BCUT2D eigenvalue weighted by Gasteiger charge is -1.98. The first kappa shape index (κ1) is 11.6. The molecule has 78 valence electrons. The van der Waals surface area contributed by atoms with Gasteiger partial charge in [-0.15, -0.1) is 0 Å². The molecule has 0 aliphatic rings. The van der Waals surface area contributed by atoms with Gasteiger partial charge in [-0.1, -0.05) is 12.1 Å². The third-order valence-corrected chi connectivity index (χ3v) is 3.45. The van der Waals surface area contributed by atoms with Gasteiger partial charge in [0.2, 0.25) is 0 Å². The van der Waals surface area contributed by atoms with Gasteiger partial charge in [-0.2, -0.15) is 0 Å². The minimum Gasteiger partial charge on any atom is -0.306 e. The average molecular weight is 255 g/mol. The van der Waals surface area contributed by atoms with Crippen LogP contribution < -0.4 is 0 Å². The number of benzene rings is 1. The highest BCUT2D eigenvalue weighted by molar-refractivity contribution is 8.13. The summed E-state index contributed by atoms with van der Waals surface area (Å²) in [5, 5.41) is 0. The molecule has 1 rings (SSSR count). The van der Waals surface area contributed by atoms with Crippen LogP contribution in [0, 0.1) is 0 Å². The van der Waals surface area contributed by atoms with E-state index in [1.54, 1.807) is 0 Å². The van der Waals surface area contributed by atoms with E-state index >= 15 is 0 Å². The average Bonchev–Trinajstić information content (AvgIpc) is 2.02. The summed E-state index contributed by atoms with van der Waals surface area (Å²) >= 11 is -1.93. The Morgan fingerprint density at radius 2 is 1.79 bits per heavy atom. The van der Waals surface area contributed by atoms with Crippen molar-refractivity contribution in [1.29, 1.82) is 0 Å². The van der Waals surface area contributed by atoms with Gasteiger partial charge in [-0.25, -0.2) is 12.6 Å². The smallest absolute Gasteiger partial charge is 0.261 e. The summed E-state index contributed by atoms with van der Waals surface area (Å²) < 4.78 is 40.6. The summed E-state index contributed by atoms with van der Waals surface area (Å²) in [6.45, 7) is 0. The summed E-state index contributed by atoms with van der Waals surface area (Å²) in [7, 11) is 1.37. The quantitative estimate of drug-likeness (QED) is 0.653. The van der Waals surface area contributed by atoms with Gasteiger partial charge < -0.3 is 4.55 Å². The van der Waals surface area contributed by atoms with E-state index in [1.807, 2.05) is 0 Å². The second-order valence-corrected chi connectivity index (χ2v) is 6.05. The maximum absolute atomic E-state index is 10.8. The fourth-order valence-electron chi connectivity index (χ4n) is 0.891. The Bertz CT molecular complexity index is 437. The number of rotatable bonds is 3. The van der Waals surface area contributed by atoms with Gasteiger partial charge in [0.15, 0.2) is 11.1 Å². The highest BCUT2D eigenvalue weighted by Crippen LogP contribution is 2.15. The summed E-state index contributed by atoms with van der Waals surface area (Å²) in [4.78, 5) is -0.0216. The Labute approximate surface area is 88.6 Å². The summed E-state index contributed by atoms with van der Waals surface area (Å²) in [5.74, 6) is -0.0252. The Morgan fingerprint density at radius 3 is 2.14 bits per heavy atom. The van der Waals surface area contributed by atoms with E-state index in [9.17, 15) is 12.6 Å². The molecule has 14 heavy (non-hydrogen) atoms. The van der Waals surface area contributed by atoms with Crippen molar-refractivity contribution in [2.45, 2.75) is 10.6 Å². The monoisotopic (exact) mass is 254 g/mol. The van der Waals surface area contributed by atoms with Crippen LogP contribution in [0.3, 0.4) is 0 Å². The molecular formula is C7H7ClO4S2. The maximum Gasteiger partial charge on any atom is 0.261 e. The molecule has 0 aromatic heterocycles. The third kappa shape index (κ3) is 3.38. The fraction of sp³-hybridized carbons (Fsp3) is 0.143. The summed E-state index contributed by atoms with van der Waals surface area (Å²) in [5.41, 5.74) is 0.579. The van der Waals surface area contributed by atoms with Crippen LogP contribution in [0.4, 0.5) is 0 Å². The van der Waals surface area contributed by atoms with Gasteiger partial charge in [0.05, 0.1) is 10.6 Å². The van der Waals surface area contributed by atoms with Crippen molar-refractivity contribution >= 4 is 30.8 Å². The molecule has 0 aliphatic carbocycles. The lowest BCUT2D eigenvalue weighted by molar-refractivity contribution is 0.563. The van der Waals surface area contributed by atoms with Crippen molar-refractivity contribution in [1.82, 2.24) is 0 Å². The zero-order valence-corrected chi connectivity index (χ0v) is 9.27. The van der Waals surface area contributed by atoms with Crippen molar-refractivity contribution in [3.8, 4) is 0 Å².